The normalized spacial score (nSPS) is 13.9. The van der Waals surface area contributed by atoms with E-state index in [1.54, 1.807) is 0 Å². The number of nitro benzene ring substituents is 1. The zero-order valence-corrected chi connectivity index (χ0v) is 18.6. The fourth-order valence-corrected chi connectivity index (χ4v) is 6.42. The maximum Gasteiger partial charge on any atom is 0.289 e. The number of anilines is 2. The Morgan fingerprint density at radius 2 is 1.67 bits per heavy atom. The molecular weight excluding hydrogens is 473 g/mol. The molecule has 0 aliphatic carbocycles. The molecule has 1 N–H and O–H groups in total. The molecule has 0 amide bonds. The van der Waals surface area contributed by atoms with Gasteiger partial charge in [0.15, 0.2) is 4.90 Å². The van der Waals surface area contributed by atoms with Crippen molar-refractivity contribution in [1.82, 2.24) is 0 Å². The predicted octanol–water partition coefficient (Wildman–Crippen LogP) is 3.68. The molecular formula is C21H18FN3O6S2. The minimum Gasteiger partial charge on any atom is -0.279 e. The summed E-state index contributed by atoms with van der Waals surface area (Å²) in [4.78, 5) is 9.89. The van der Waals surface area contributed by atoms with Gasteiger partial charge >= 0.3 is 0 Å². The summed E-state index contributed by atoms with van der Waals surface area (Å²) >= 11 is 0. The van der Waals surface area contributed by atoms with E-state index < -0.39 is 41.4 Å². The number of halogens is 1. The van der Waals surface area contributed by atoms with Crippen LogP contribution in [0, 0.1) is 15.9 Å². The Labute approximate surface area is 189 Å². The number of rotatable bonds is 6. The van der Waals surface area contributed by atoms with Crippen LogP contribution in [0.25, 0.3) is 0 Å². The van der Waals surface area contributed by atoms with Crippen molar-refractivity contribution in [3.8, 4) is 0 Å². The first-order valence-electron chi connectivity index (χ1n) is 9.77. The fraction of sp³-hybridized carbons (Fsp3) is 0.143. The zero-order chi connectivity index (χ0) is 23.8. The van der Waals surface area contributed by atoms with Crippen molar-refractivity contribution >= 4 is 37.1 Å². The van der Waals surface area contributed by atoms with E-state index in [1.807, 2.05) is 0 Å². The molecule has 3 aromatic carbocycles. The van der Waals surface area contributed by atoms with Crippen LogP contribution in [0.4, 0.5) is 21.5 Å². The van der Waals surface area contributed by atoms with Crippen molar-refractivity contribution < 1.29 is 26.1 Å². The second-order valence-corrected chi connectivity index (χ2v) is 10.8. The summed E-state index contributed by atoms with van der Waals surface area (Å²) in [6.45, 7) is 0.216. The maximum absolute atomic E-state index is 13.2. The van der Waals surface area contributed by atoms with E-state index >= 15 is 0 Å². The zero-order valence-electron chi connectivity index (χ0n) is 17.0. The van der Waals surface area contributed by atoms with Gasteiger partial charge in [-0.1, -0.05) is 12.1 Å². The van der Waals surface area contributed by atoms with Crippen molar-refractivity contribution in [1.29, 1.82) is 0 Å². The molecule has 0 bridgehead atoms. The summed E-state index contributed by atoms with van der Waals surface area (Å²) in [7, 11) is -8.21. The van der Waals surface area contributed by atoms with Crippen molar-refractivity contribution in [3.63, 3.8) is 0 Å². The van der Waals surface area contributed by atoms with Gasteiger partial charge in [0.25, 0.3) is 25.7 Å². The lowest BCUT2D eigenvalue weighted by Crippen LogP contribution is -2.35. The molecule has 0 saturated carbocycles. The molecule has 1 aliphatic rings. The second-order valence-electron chi connectivity index (χ2n) is 7.31. The Bertz CT molecular complexity index is 1440. The molecule has 33 heavy (non-hydrogen) atoms. The van der Waals surface area contributed by atoms with Gasteiger partial charge in [0.05, 0.1) is 15.5 Å². The van der Waals surface area contributed by atoms with Gasteiger partial charge in [0.1, 0.15) is 5.82 Å². The SMILES string of the molecule is O=[N+]([O-])c1ccccc1S(=O)(=O)Nc1ccc2c(c1)CCCN2S(=O)(=O)c1ccc(F)cc1. The van der Waals surface area contributed by atoms with Gasteiger partial charge in [0, 0.05) is 18.3 Å². The van der Waals surface area contributed by atoms with Crippen LogP contribution in [0.2, 0.25) is 0 Å². The molecule has 1 aliphatic heterocycles. The Kier molecular flexibility index (Phi) is 5.80. The van der Waals surface area contributed by atoms with Crippen LogP contribution in [0.3, 0.4) is 0 Å². The Morgan fingerprint density at radius 1 is 0.970 bits per heavy atom. The monoisotopic (exact) mass is 491 g/mol. The number of sulfonamides is 2. The second kappa shape index (κ2) is 8.45. The first-order chi connectivity index (χ1) is 15.6. The van der Waals surface area contributed by atoms with Crippen LogP contribution in [0.1, 0.15) is 12.0 Å². The smallest absolute Gasteiger partial charge is 0.279 e. The lowest BCUT2D eigenvalue weighted by molar-refractivity contribution is -0.387. The third-order valence-corrected chi connectivity index (χ3v) is 8.42. The third kappa shape index (κ3) is 4.39. The summed E-state index contributed by atoms with van der Waals surface area (Å²) in [6.07, 6.45) is 1.000. The summed E-state index contributed by atoms with van der Waals surface area (Å²) in [5.74, 6) is -0.552. The molecule has 0 radical (unpaired) electrons. The molecule has 12 heteroatoms. The van der Waals surface area contributed by atoms with Gasteiger partial charge in [-0.15, -0.1) is 0 Å². The van der Waals surface area contributed by atoms with E-state index in [9.17, 15) is 31.3 Å². The van der Waals surface area contributed by atoms with Crippen molar-refractivity contribution in [2.45, 2.75) is 22.6 Å². The minimum atomic E-state index is -4.26. The Morgan fingerprint density at radius 3 is 2.36 bits per heavy atom. The highest BCUT2D eigenvalue weighted by molar-refractivity contribution is 7.93. The van der Waals surface area contributed by atoms with E-state index in [0.29, 0.717) is 24.1 Å². The lowest BCUT2D eigenvalue weighted by atomic mass is 10.0. The molecule has 9 nitrogen and oxygen atoms in total. The van der Waals surface area contributed by atoms with E-state index in [2.05, 4.69) is 4.72 Å². The van der Waals surface area contributed by atoms with Crippen LogP contribution in [-0.2, 0) is 26.5 Å². The maximum atomic E-state index is 13.2. The average Bonchev–Trinajstić information content (AvgIpc) is 2.78. The van der Waals surface area contributed by atoms with Crippen LogP contribution in [0.5, 0.6) is 0 Å². The summed E-state index contributed by atoms with van der Waals surface area (Å²) in [5, 5.41) is 11.2. The molecule has 0 aromatic heterocycles. The standard InChI is InChI=1S/C21H18FN3O6S2/c22-16-7-10-18(11-8-16)33(30,31)24-13-3-4-15-14-17(9-12-19(15)24)23-32(28,29)21-6-2-1-5-20(21)25(26)27/h1-2,5-12,14,23H,3-4,13H2. The molecule has 0 unspecified atom stereocenters. The number of hydrogen-bond acceptors (Lipinski definition) is 6. The first-order valence-corrected chi connectivity index (χ1v) is 12.7. The molecule has 172 valence electrons. The van der Waals surface area contributed by atoms with Gasteiger partial charge in [-0.2, -0.15) is 0 Å². The van der Waals surface area contributed by atoms with Crippen molar-refractivity contribution in [2.75, 3.05) is 15.6 Å². The molecule has 3 aromatic rings. The van der Waals surface area contributed by atoms with E-state index in [1.165, 1.54) is 46.8 Å². The topological polar surface area (TPSA) is 127 Å². The van der Waals surface area contributed by atoms with Crippen LogP contribution < -0.4 is 9.03 Å². The van der Waals surface area contributed by atoms with Gasteiger partial charge in [-0.25, -0.2) is 21.2 Å². The van der Waals surface area contributed by atoms with Gasteiger partial charge in [0.2, 0.25) is 0 Å². The minimum absolute atomic E-state index is 0.0575. The van der Waals surface area contributed by atoms with Crippen molar-refractivity contribution in [3.05, 3.63) is 88.2 Å². The number of hydrogen-bond donors (Lipinski definition) is 1. The molecule has 0 saturated heterocycles. The van der Waals surface area contributed by atoms with E-state index in [4.69, 9.17) is 0 Å². The summed E-state index contributed by atoms with van der Waals surface area (Å²) in [6, 6.07) is 13.9. The number of nitrogens with one attached hydrogen (secondary N) is 1. The highest BCUT2D eigenvalue weighted by Gasteiger charge is 2.30. The lowest BCUT2D eigenvalue weighted by Gasteiger charge is -2.31. The van der Waals surface area contributed by atoms with Crippen LogP contribution >= 0.6 is 0 Å². The number of nitrogens with zero attached hydrogens (tertiary/aromatic N) is 2. The fourth-order valence-electron chi connectivity index (χ4n) is 3.65. The highest BCUT2D eigenvalue weighted by atomic mass is 32.2. The number of benzene rings is 3. The van der Waals surface area contributed by atoms with E-state index in [-0.39, 0.29) is 17.1 Å². The molecule has 4 rings (SSSR count). The largest absolute Gasteiger partial charge is 0.289 e. The van der Waals surface area contributed by atoms with Crippen molar-refractivity contribution in [2.24, 2.45) is 0 Å². The Hall–Kier alpha value is -3.51. The number of nitro groups is 1. The predicted molar refractivity (Wildman–Crippen MR) is 120 cm³/mol. The van der Waals surface area contributed by atoms with Crippen LogP contribution in [-0.4, -0.2) is 28.3 Å². The molecule has 0 spiro atoms. The quantitative estimate of drug-likeness (QED) is 0.414. The average molecular weight is 492 g/mol. The third-order valence-electron chi connectivity index (χ3n) is 5.16. The van der Waals surface area contributed by atoms with Gasteiger partial charge in [-0.05, 0) is 66.9 Å². The number of aryl methyl sites for hydroxylation is 1. The van der Waals surface area contributed by atoms with Gasteiger partial charge < -0.3 is 0 Å². The highest BCUT2D eigenvalue weighted by Crippen LogP contribution is 2.35. The summed E-state index contributed by atoms with van der Waals surface area (Å²) in [5.41, 5.74) is 0.571. The molecule has 0 atom stereocenters. The number of para-hydroxylation sites is 1. The van der Waals surface area contributed by atoms with E-state index in [0.717, 1.165) is 24.3 Å². The first kappa shape index (κ1) is 22.7. The van der Waals surface area contributed by atoms with Gasteiger partial charge in [-0.3, -0.25) is 19.1 Å². The van der Waals surface area contributed by atoms with Crippen LogP contribution in [0.15, 0.2) is 76.5 Å². The number of fused-ring (bicyclic) bond motifs is 1. The molecule has 1 heterocycles. The summed E-state index contributed by atoms with van der Waals surface area (Å²) < 4.78 is 68.5. The Balaban J connectivity index is 1.67. The molecule has 0 fully saturated rings.